The van der Waals surface area contributed by atoms with Crippen LogP contribution in [0.1, 0.15) is 49.0 Å². The summed E-state index contributed by atoms with van der Waals surface area (Å²) < 4.78 is 12.3. The summed E-state index contributed by atoms with van der Waals surface area (Å²) in [7, 11) is 0. The van der Waals surface area contributed by atoms with Crippen molar-refractivity contribution in [3.05, 3.63) is 81.1 Å². The van der Waals surface area contributed by atoms with Crippen molar-refractivity contribution in [2.45, 2.75) is 38.3 Å². The summed E-state index contributed by atoms with van der Waals surface area (Å²) in [6, 6.07) is 15.9. The molecule has 1 aliphatic rings. The first-order valence-electron chi connectivity index (χ1n) is 12.4. The highest BCUT2D eigenvalue weighted by molar-refractivity contribution is 7.99. The number of hydrogen-bond acceptors (Lipinski definition) is 7. The summed E-state index contributed by atoms with van der Waals surface area (Å²) in [5, 5.41) is 4.01. The lowest BCUT2D eigenvalue weighted by atomic mass is 9.98. The number of anilines is 1. The molecule has 0 spiro atoms. The number of fused-ring (bicyclic) bond motifs is 2. The Morgan fingerprint density at radius 2 is 1.82 bits per heavy atom. The number of nitrogens with zero attached hydrogens (tertiary/aromatic N) is 2. The summed E-state index contributed by atoms with van der Waals surface area (Å²) >= 11 is 7.29. The van der Waals surface area contributed by atoms with E-state index in [9.17, 15) is 14.4 Å². The molecule has 3 aromatic carbocycles. The SMILES string of the molecule is CC[C@H](C)c1ccc(-n2c(SCC(=O)Nc3cc4c(cc3C(C)=O)OCO4)nc3cc(Cl)ccc3c2=O)cc1. The van der Waals surface area contributed by atoms with Crippen LogP contribution >= 0.6 is 23.4 Å². The largest absolute Gasteiger partial charge is 0.454 e. The Hall–Kier alpha value is -3.82. The van der Waals surface area contributed by atoms with Crippen LogP contribution in [-0.4, -0.2) is 33.8 Å². The van der Waals surface area contributed by atoms with Gasteiger partial charge in [0.2, 0.25) is 12.7 Å². The first-order valence-corrected chi connectivity index (χ1v) is 13.8. The number of hydrogen-bond donors (Lipinski definition) is 1. The van der Waals surface area contributed by atoms with Gasteiger partial charge in [0.1, 0.15) is 0 Å². The fourth-order valence-electron chi connectivity index (χ4n) is 4.30. The molecule has 0 radical (unpaired) electrons. The summed E-state index contributed by atoms with van der Waals surface area (Å²) in [5.41, 5.74) is 2.65. The molecule has 0 saturated heterocycles. The first kappa shape index (κ1) is 26.8. The van der Waals surface area contributed by atoms with Gasteiger partial charge in [-0.15, -0.1) is 0 Å². The molecule has 5 rings (SSSR count). The van der Waals surface area contributed by atoms with Crippen molar-refractivity contribution in [1.82, 2.24) is 9.55 Å². The van der Waals surface area contributed by atoms with Gasteiger partial charge in [0.25, 0.3) is 5.56 Å². The van der Waals surface area contributed by atoms with Crippen LogP contribution in [-0.2, 0) is 4.79 Å². The second-order valence-corrected chi connectivity index (χ2v) is 10.6. The van der Waals surface area contributed by atoms with E-state index in [0.717, 1.165) is 18.2 Å². The highest BCUT2D eigenvalue weighted by Crippen LogP contribution is 2.37. The number of Topliss-reactive ketones (excluding diaryl/α,β-unsaturated/α-hetero) is 1. The zero-order valence-corrected chi connectivity index (χ0v) is 23.2. The molecular formula is C29H26ClN3O5S. The first-order chi connectivity index (χ1) is 18.7. The number of thioether (sulfide) groups is 1. The van der Waals surface area contributed by atoms with Crippen molar-refractivity contribution in [3.63, 3.8) is 0 Å². The lowest BCUT2D eigenvalue weighted by Gasteiger charge is -2.15. The normalized spacial score (nSPS) is 12.9. The number of nitrogens with one attached hydrogen (secondary N) is 1. The minimum atomic E-state index is -0.375. The summed E-state index contributed by atoms with van der Waals surface area (Å²) in [5.74, 6) is 0.635. The van der Waals surface area contributed by atoms with E-state index in [4.69, 9.17) is 21.1 Å². The average Bonchev–Trinajstić information content (AvgIpc) is 3.38. The number of ether oxygens (including phenoxy) is 2. The monoisotopic (exact) mass is 563 g/mol. The van der Waals surface area contributed by atoms with Gasteiger partial charge in [-0.25, -0.2) is 4.98 Å². The third-order valence-electron chi connectivity index (χ3n) is 6.63. The van der Waals surface area contributed by atoms with Gasteiger partial charge in [0, 0.05) is 16.7 Å². The summed E-state index contributed by atoms with van der Waals surface area (Å²) in [6.45, 7) is 5.75. The molecule has 0 saturated carbocycles. The fraction of sp³-hybridized carbons (Fsp3) is 0.241. The molecular weight excluding hydrogens is 538 g/mol. The van der Waals surface area contributed by atoms with E-state index in [1.807, 2.05) is 24.3 Å². The van der Waals surface area contributed by atoms with Crippen LogP contribution in [0.3, 0.4) is 0 Å². The van der Waals surface area contributed by atoms with Gasteiger partial charge in [0.05, 0.1) is 28.0 Å². The number of aromatic nitrogens is 2. The third-order valence-corrected chi connectivity index (χ3v) is 7.81. The van der Waals surface area contributed by atoms with Crippen LogP contribution in [0.2, 0.25) is 5.02 Å². The van der Waals surface area contributed by atoms with E-state index in [1.165, 1.54) is 17.1 Å². The molecule has 1 aliphatic heterocycles. The molecule has 0 fully saturated rings. The van der Waals surface area contributed by atoms with Crippen molar-refractivity contribution >= 4 is 51.6 Å². The zero-order valence-electron chi connectivity index (χ0n) is 21.6. The molecule has 1 aromatic heterocycles. The molecule has 2 heterocycles. The second kappa shape index (κ2) is 11.1. The van der Waals surface area contributed by atoms with Gasteiger partial charge in [-0.3, -0.25) is 19.0 Å². The van der Waals surface area contributed by atoms with E-state index in [-0.39, 0.29) is 29.8 Å². The minimum absolute atomic E-state index is 0.0491. The van der Waals surface area contributed by atoms with Gasteiger partial charge in [-0.1, -0.05) is 49.3 Å². The minimum Gasteiger partial charge on any atom is -0.454 e. The zero-order chi connectivity index (χ0) is 27.7. The molecule has 1 amide bonds. The molecule has 0 bridgehead atoms. The fourth-order valence-corrected chi connectivity index (χ4v) is 5.28. The van der Waals surface area contributed by atoms with Gasteiger partial charge in [-0.2, -0.15) is 0 Å². The van der Waals surface area contributed by atoms with Crippen molar-refractivity contribution in [1.29, 1.82) is 0 Å². The summed E-state index contributed by atoms with van der Waals surface area (Å²) in [6.07, 6.45) is 1.00. The van der Waals surface area contributed by atoms with Gasteiger partial charge in [0.15, 0.2) is 22.4 Å². The van der Waals surface area contributed by atoms with Gasteiger partial charge >= 0.3 is 0 Å². The molecule has 0 aliphatic carbocycles. The molecule has 1 N–H and O–H groups in total. The summed E-state index contributed by atoms with van der Waals surface area (Å²) in [4.78, 5) is 43.5. The predicted octanol–water partition coefficient (Wildman–Crippen LogP) is 6.21. The van der Waals surface area contributed by atoms with Crippen LogP contribution in [0.25, 0.3) is 16.6 Å². The van der Waals surface area contributed by atoms with Crippen LogP contribution in [0.5, 0.6) is 11.5 Å². The molecule has 1 atom stereocenters. The van der Waals surface area contributed by atoms with Crippen molar-refractivity contribution in [2.24, 2.45) is 0 Å². The maximum Gasteiger partial charge on any atom is 0.266 e. The highest BCUT2D eigenvalue weighted by Gasteiger charge is 2.21. The van der Waals surface area contributed by atoms with E-state index >= 15 is 0 Å². The van der Waals surface area contributed by atoms with Crippen LogP contribution in [0, 0.1) is 0 Å². The third kappa shape index (κ3) is 5.51. The number of halogens is 1. The topological polar surface area (TPSA) is 99.5 Å². The Bertz CT molecular complexity index is 1650. The van der Waals surface area contributed by atoms with Crippen molar-refractivity contribution < 1.29 is 19.1 Å². The molecule has 4 aromatic rings. The smallest absolute Gasteiger partial charge is 0.266 e. The number of amides is 1. The van der Waals surface area contributed by atoms with E-state index in [1.54, 1.807) is 30.3 Å². The second-order valence-electron chi connectivity index (χ2n) is 9.24. The van der Waals surface area contributed by atoms with Crippen molar-refractivity contribution in [2.75, 3.05) is 17.9 Å². The van der Waals surface area contributed by atoms with Gasteiger partial charge < -0.3 is 14.8 Å². The highest BCUT2D eigenvalue weighted by atomic mass is 35.5. The van der Waals surface area contributed by atoms with Crippen LogP contribution in [0.15, 0.2) is 64.5 Å². The number of ketones is 1. The van der Waals surface area contributed by atoms with E-state index < -0.39 is 0 Å². The van der Waals surface area contributed by atoms with Crippen LogP contribution < -0.4 is 20.3 Å². The Labute approximate surface area is 234 Å². The average molecular weight is 564 g/mol. The maximum atomic E-state index is 13.6. The Kier molecular flexibility index (Phi) is 7.63. The Balaban J connectivity index is 1.47. The number of rotatable bonds is 8. The van der Waals surface area contributed by atoms with Gasteiger partial charge in [-0.05, 0) is 61.2 Å². The van der Waals surface area contributed by atoms with E-state index in [2.05, 4.69) is 24.1 Å². The predicted molar refractivity (Wildman–Crippen MR) is 153 cm³/mol. The quantitative estimate of drug-likeness (QED) is 0.154. The molecule has 200 valence electrons. The molecule has 39 heavy (non-hydrogen) atoms. The number of carbonyl (C=O) groups is 2. The van der Waals surface area contributed by atoms with Crippen molar-refractivity contribution in [3.8, 4) is 17.2 Å². The standard InChI is InChI=1S/C29H26ClN3O5S/c1-4-16(2)18-5-8-20(9-6-18)33-28(36)21-10-7-19(30)11-23(21)32-29(33)39-14-27(35)31-24-13-26-25(37-15-38-26)12-22(24)17(3)34/h5-13,16H,4,14-15H2,1-3H3,(H,31,35)/t16-/m0/s1. The maximum absolute atomic E-state index is 13.6. The Morgan fingerprint density at radius 3 is 2.51 bits per heavy atom. The lowest BCUT2D eigenvalue weighted by molar-refractivity contribution is -0.113. The van der Waals surface area contributed by atoms with Crippen LogP contribution in [0.4, 0.5) is 5.69 Å². The lowest BCUT2D eigenvalue weighted by Crippen LogP contribution is -2.23. The number of benzene rings is 3. The van der Waals surface area contributed by atoms with E-state index in [0.29, 0.717) is 55.4 Å². The molecule has 10 heteroatoms. The number of carbonyl (C=O) groups excluding carboxylic acids is 2. The molecule has 0 unspecified atom stereocenters. The Morgan fingerprint density at radius 1 is 1.10 bits per heavy atom. The molecule has 8 nitrogen and oxygen atoms in total.